The predicted molar refractivity (Wildman–Crippen MR) is 105 cm³/mol. The van der Waals surface area contributed by atoms with Gasteiger partial charge in [0.05, 0.1) is 37.8 Å². The molecule has 0 N–H and O–H groups in total. The second-order valence-corrected chi connectivity index (χ2v) is 6.51. The highest BCUT2D eigenvalue weighted by atomic mass is 16.5. The number of nitrogens with zero attached hydrogens (tertiary/aromatic N) is 2. The zero-order chi connectivity index (χ0) is 18.8. The molecule has 0 atom stereocenters. The van der Waals surface area contributed by atoms with E-state index in [0.29, 0.717) is 26.4 Å². The van der Waals surface area contributed by atoms with Gasteiger partial charge in [-0.1, -0.05) is 26.7 Å². The number of amides is 1. The van der Waals surface area contributed by atoms with Crippen LogP contribution in [0.1, 0.15) is 39.5 Å². The highest BCUT2D eigenvalue weighted by Gasteiger charge is 2.21. The summed E-state index contributed by atoms with van der Waals surface area (Å²) in [7, 11) is 1.74. The molecule has 1 aromatic rings. The Kier molecular flexibility index (Phi) is 8.54. The Bertz CT molecular complexity index is 559. The van der Waals surface area contributed by atoms with Crippen molar-refractivity contribution in [2.75, 3.05) is 56.4 Å². The number of carbonyl (C=O) groups is 1. The molecule has 0 unspecified atom stereocenters. The molecule has 1 amide bonds. The van der Waals surface area contributed by atoms with Crippen LogP contribution in [0.3, 0.4) is 0 Å². The molecule has 0 saturated carbocycles. The molecule has 1 aliphatic heterocycles. The number of carbonyl (C=O) groups excluding carboxylic acids is 1. The molecule has 6 nitrogen and oxygen atoms in total. The molecular weight excluding hydrogens is 332 g/mol. The molecule has 2 rings (SSSR count). The third kappa shape index (κ3) is 5.53. The van der Waals surface area contributed by atoms with Gasteiger partial charge in [0.25, 0.3) is 0 Å². The number of anilines is 2. The third-order valence-electron chi connectivity index (χ3n) is 4.44. The van der Waals surface area contributed by atoms with Crippen molar-refractivity contribution in [3.63, 3.8) is 0 Å². The fraction of sp³-hybridized carbons (Fsp3) is 0.650. The SMILES string of the molecule is CCCCOc1cc(N2CCOCC2)c(OCCCC)cc1N(C)C=O. The van der Waals surface area contributed by atoms with Gasteiger partial charge in [0.1, 0.15) is 11.5 Å². The summed E-state index contributed by atoms with van der Waals surface area (Å²) in [6.45, 7) is 8.62. The topological polar surface area (TPSA) is 51.2 Å². The Balaban J connectivity index is 2.36. The molecule has 6 heteroatoms. The minimum Gasteiger partial charge on any atom is -0.491 e. The minimum absolute atomic E-state index is 0.634. The van der Waals surface area contributed by atoms with Crippen molar-refractivity contribution in [3.8, 4) is 11.5 Å². The first kappa shape index (κ1) is 20.4. The monoisotopic (exact) mass is 364 g/mol. The van der Waals surface area contributed by atoms with Gasteiger partial charge < -0.3 is 24.0 Å². The van der Waals surface area contributed by atoms with Crippen molar-refractivity contribution in [2.45, 2.75) is 39.5 Å². The number of morpholine rings is 1. The molecule has 1 fully saturated rings. The fourth-order valence-electron chi connectivity index (χ4n) is 2.81. The van der Waals surface area contributed by atoms with E-state index >= 15 is 0 Å². The molecule has 0 spiro atoms. The molecule has 0 bridgehead atoms. The lowest BCUT2D eigenvalue weighted by atomic mass is 10.2. The lowest BCUT2D eigenvalue weighted by molar-refractivity contribution is -0.107. The summed E-state index contributed by atoms with van der Waals surface area (Å²) in [5, 5.41) is 0. The molecule has 26 heavy (non-hydrogen) atoms. The van der Waals surface area contributed by atoms with Gasteiger partial charge in [0, 0.05) is 32.3 Å². The molecule has 0 radical (unpaired) electrons. The van der Waals surface area contributed by atoms with Gasteiger partial charge in [-0.3, -0.25) is 4.79 Å². The average molecular weight is 364 g/mol. The molecule has 1 heterocycles. The summed E-state index contributed by atoms with van der Waals surface area (Å²) in [4.78, 5) is 15.2. The van der Waals surface area contributed by atoms with Gasteiger partial charge in [-0.2, -0.15) is 0 Å². The average Bonchev–Trinajstić information content (AvgIpc) is 2.68. The number of unbranched alkanes of at least 4 members (excludes halogenated alkanes) is 2. The van der Waals surface area contributed by atoms with Crippen LogP contribution in [0.2, 0.25) is 0 Å². The smallest absolute Gasteiger partial charge is 0.213 e. The van der Waals surface area contributed by atoms with Gasteiger partial charge in [-0.05, 0) is 12.8 Å². The first-order chi connectivity index (χ1) is 12.7. The van der Waals surface area contributed by atoms with Crippen molar-refractivity contribution in [1.82, 2.24) is 0 Å². The Hall–Kier alpha value is -1.95. The maximum Gasteiger partial charge on any atom is 0.213 e. The van der Waals surface area contributed by atoms with E-state index in [1.54, 1.807) is 7.05 Å². The van der Waals surface area contributed by atoms with Gasteiger partial charge in [0.2, 0.25) is 6.41 Å². The fourth-order valence-corrected chi connectivity index (χ4v) is 2.81. The van der Waals surface area contributed by atoms with E-state index in [4.69, 9.17) is 14.2 Å². The number of ether oxygens (including phenoxy) is 3. The molecule has 146 valence electrons. The van der Waals surface area contributed by atoms with Gasteiger partial charge in [-0.15, -0.1) is 0 Å². The summed E-state index contributed by atoms with van der Waals surface area (Å²) in [6, 6.07) is 3.94. The van der Waals surface area contributed by atoms with Gasteiger partial charge in [-0.25, -0.2) is 0 Å². The van der Waals surface area contributed by atoms with E-state index in [9.17, 15) is 4.79 Å². The summed E-state index contributed by atoms with van der Waals surface area (Å²) in [6.07, 6.45) is 4.91. The standard InChI is InChI=1S/C20H32N2O4/c1-4-6-10-25-19-15-18(22-8-12-24-13-9-22)20(26-11-7-5-2)14-17(19)21(3)16-23/h14-16H,4-13H2,1-3H3. The van der Waals surface area contributed by atoms with E-state index in [2.05, 4.69) is 18.7 Å². The normalized spacial score (nSPS) is 14.2. The number of benzene rings is 1. The predicted octanol–water partition coefficient (Wildman–Crippen LogP) is 3.47. The van der Waals surface area contributed by atoms with Gasteiger partial charge in [0.15, 0.2) is 0 Å². The van der Waals surface area contributed by atoms with Gasteiger partial charge >= 0.3 is 0 Å². The lowest BCUT2D eigenvalue weighted by Crippen LogP contribution is -2.36. The van der Waals surface area contributed by atoms with Crippen LogP contribution in [0.5, 0.6) is 11.5 Å². The van der Waals surface area contributed by atoms with E-state index in [0.717, 1.165) is 68.1 Å². The number of hydrogen-bond donors (Lipinski definition) is 0. The Morgan fingerprint density at radius 3 is 2.27 bits per heavy atom. The molecule has 1 aliphatic rings. The van der Waals surface area contributed by atoms with Crippen LogP contribution in [-0.4, -0.2) is 53.0 Å². The van der Waals surface area contributed by atoms with E-state index < -0.39 is 0 Å². The zero-order valence-corrected chi connectivity index (χ0v) is 16.3. The Labute approximate surface area is 157 Å². The maximum atomic E-state index is 11.3. The van der Waals surface area contributed by atoms with Crippen molar-refractivity contribution >= 4 is 17.8 Å². The Morgan fingerprint density at radius 2 is 1.69 bits per heavy atom. The molecule has 0 aliphatic carbocycles. The minimum atomic E-state index is 0.634. The largest absolute Gasteiger partial charge is 0.491 e. The summed E-state index contributed by atoms with van der Waals surface area (Å²) in [5.74, 6) is 1.52. The first-order valence-electron chi connectivity index (χ1n) is 9.65. The van der Waals surface area contributed by atoms with Crippen molar-refractivity contribution in [1.29, 1.82) is 0 Å². The van der Waals surface area contributed by atoms with Crippen LogP contribution in [0.25, 0.3) is 0 Å². The lowest BCUT2D eigenvalue weighted by Gasteiger charge is -2.31. The van der Waals surface area contributed by atoms with E-state index in [1.807, 2.05) is 12.1 Å². The quantitative estimate of drug-likeness (QED) is 0.444. The summed E-state index contributed by atoms with van der Waals surface area (Å²) in [5.41, 5.74) is 1.75. The van der Waals surface area contributed by atoms with Crippen molar-refractivity contribution in [3.05, 3.63) is 12.1 Å². The van der Waals surface area contributed by atoms with Crippen LogP contribution in [-0.2, 0) is 9.53 Å². The number of hydrogen-bond acceptors (Lipinski definition) is 5. The van der Waals surface area contributed by atoms with Crippen molar-refractivity contribution in [2.24, 2.45) is 0 Å². The van der Waals surface area contributed by atoms with Crippen LogP contribution in [0, 0.1) is 0 Å². The summed E-state index contributed by atoms with van der Waals surface area (Å²) >= 11 is 0. The maximum absolute atomic E-state index is 11.3. The second-order valence-electron chi connectivity index (χ2n) is 6.51. The van der Waals surface area contributed by atoms with Crippen molar-refractivity contribution < 1.29 is 19.0 Å². The molecule has 1 saturated heterocycles. The number of rotatable bonds is 11. The van der Waals surface area contributed by atoms with Crippen LogP contribution < -0.4 is 19.3 Å². The zero-order valence-electron chi connectivity index (χ0n) is 16.3. The molecule has 1 aromatic carbocycles. The van der Waals surface area contributed by atoms with Crippen LogP contribution in [0.4, 0.5) is 11.4 Å². The van der Waals surface area contributed by atoms with E-state index in [1.165, 1.54) is 4.90 Å². The van der Waals surface area contributed by atoms with Crippen LogP contribution >= 0.6 is 0 Å². The second kappa shape index (κ2) is 10.9. The first-order valence-corrected chi connectivity index (χ1v) is 9.65. The third-order valence-corrected chi connectivity index (χ3v) is 4.44. The highest BCUT2D eigenvalue weighted by Crippen LogP contribution is 2.40. The summed E-state index contributed by atoms with van der Waals surface area (Å²) < 4.78 is 17.5. The molecule has 0 aromatic heterocycles. The van der Waals surface area contributed by atoms with E-state index in [-0.39, 0.29) is 0 Å². The Morgan fingerprint density at radius 1 is 1.08 bits per heavy atom. The molecular formula is C20H32N2O4. The highest BCUT2D eigenvalue weighted by molar-refractivity contribution is 5.82. The van der Waals surface area contributed by atoms with Crippen LogP contribution in [0.15, 0.2) is 12.1 Å².